The Labute approximate surface area is 137 Å². The number of aromatic nitrogens is 4. The van der Waals surface area contributed by atoms with Gasteiger partial charge in [-0.05, 0) is 27.7 Å². The molecular formula is C16H25N7. The summed E-state index contributed by atoms with van der Waals surface area (Å²) in [6.07, 6.45) is 6.45. The molecule has 0 aliphatic carbocycles. The molecule has 7 heteroatoms. The van der Waals surface area contributed by atoms with Crippen LogP contribution in [0.5, 0.6) is 0 Å². The highest BCUT2D eigenvalue weighted by Crippen LogP contribution is 2.13. The average molecular weight is 315 g/mol. The van der Waals surface area contributed by atoms with Crippen LogP contribution in [-0.4, -0.2) is 50.0 Å². The lowest BCUT2D eigenvalue weighted by Crippen LogP contribution is -2.40. The van der Waals surface area contributed by atoms with E-state index in [0.29, 0.717) is 23.7 Å². The van der Waals surface area contributed by atoms with Gasteiger partial charge in [0.2, 0.25) is 0 Å². The van der Waals surface area contributed by atoms with Crippen molar-refractivity contribution >= 4 is 17.5 Å². The molecule has 0 aliphatic heterocycles. The van der Waals surface area contributed by atoms with Crippen LogP contribution >= 0.6 is 0 Å². The van der Waals surface area contributed by atoms with Crippen molar-refractivity contribution in [3.05, 3.63) is 31.0 Å². The topological polar surface area (TPSA) is 78.9 Å². The van der Waals surface area contributed by atoms with Crippen molar-refractivity contribution < 1.29 is 0 Å². The predicted octanol–water partition coefficient (Wildman–Crippen LogP) is 2.54. The first kappa shape index (κ1) is 17.1. The summed E-state index contributed by atoms with van der Waals surface area (Å²) in [7, 11) is 0. The lowest BCUT2D eigenvalue weighted by atomic mass is 10.2. The fourth-order valence-electron chi connectivity index (χ4n) is 2.44. The van der Waals surface area contributed by atoms with Crippen molar-refractivity contribution in [2.75, 3.05) is 23.7 Å². The lowest BCUT2D eigenvalue weighted by Gasteiger charge is -2.30. The van der Waals surface area contributed by atoms with E-state index in [2.05, 4.69) is 63.2 Å². The Morgan fingerprint density at radius 1 is 0.957 bits per heavy atom. The van der Waals surface area contributed by atoms with Gasteiger partial charge in [-0.25, -0.2) is 15.0 Å². The van der Waals surface area contributed by atoms with Crippen molar-refractivity contribution in [2.45, 2.75) is 39.8 Å². The minimum atomic E-state index is 0.524. The van der Waals surface area contributed by atoms with Gasteiger partial charge < -0.3 is 10.6 Å². The Morgan fingerprint density at radius 3 is 2.35 bits per heavy atom. The average Bonchev–Trinajstić information content (AvgIpc) is 2.52. The maximum absolute atomic E-state index is 4.25. The fraction of sp³-hybridized carbons (Fsp3) is 0.500. The summed E-state index contributed by atoms with van der Waals surface area (Å²) in [4.78, 5) is 19.1. The standard InChI is InChI=1S/C16H25N7/c1-12(2)23(13(3)4)8-7-19-14-9-15(21-11-20-14)22-16-10-17-5-6-18-16/h5-6,9-13H,7-8H2,1-4H3,(H2,18,19,20,21,22). The van der Waals surface area contributed by atoms with E-state index < -0.39 is 0 Å². The van der Waals surface area contributed by atoms with Gasteiger partial charge in [0.1, 0.15) is 23.8 Å². The van der Waals surface area contributed by atoms with E-state index in [1.807, 2.05) is 6.07 Å². The Kier molecular flexibility index (Phi) is 6.22. The number of nitrogens with one attached hydrogen (secondary N) is 2. The highest BCUT2D eigenvalue weighted by Gasteiger charge is 2.12. The molecule has 0 fully saturated rings. The summed E-state index contributed by atoms with van der Waals surface area (Å²) in [6.45, 7) is 10.7. The zero-order valence-corrected chi connectivity index (χ0v) is 14.2. The van der Waals surface area contributed by atoms with Crippen LogP contribution < -0.4 is 10.6 Å². The maximum atomic E-state index is 4.25. The Balaban J connectivity index is 1.90. The molecule has 7 nitrogen and oxygen atoms in total. The van der Waals surface area contributed by atoms with Gasteiger partial charge in [0.15, 0.2) is 0 Å². The molecule has 0 spiro atoms. The molecule has 0 amide bonds. The summed E-state index contributed by atoms with van der Waals surface area (Å²) in [6, 6.07) is 2.91. The quantitative estimate of drug-likeness (QED) is 0.775. The molecule has 0 radical (unpaired) electrons. The van der Waals surface area contributed by atoms with Crippen molar-refractivity contribution in [2.24, 2.45) is 0 Å². The van der Waals surface area contributed by atoms with Crippen molar-refractivity contribution in [3.63, 3.8) is 0 Å². The van der Waals surface area contributed by atoms with Crippen LogP contribution in [0.4, 0.5) is 17.5 Å². The van der Waals surface area contributed by atoms with Crippen molar-refractivity contribution in [1.82, 2.24) is 24.8 Å². The second-order valence-electron chi connectivity index (χ2n) is 5.86. The van der Waals surface area contributed by atoms with Gasteiger partial charge in [0.05, 0.1) is 6.20 Å². The summed E-state index contributed by atoms with van der Waals surface area (Å²) < 4.78 is 0. The first-order chi connectivity index (χ1) is 11.1. The Hall–Kier alpha value is -2.28. The molecule has 0 aromatic carbocycles. The Bertz CT molecular complexity index is 578. The SMILES string of the molecule is CC(C)N(CCNc1cc(Nc2cnccn2)ncn1)C(C)C. The third kappa shape index (κ3) is 5.45. The molecule has 0 aliphatic rings. The summed E-state index contributed by atoms with van der Waals surface area (Å²) >= 11 is 0. The first-order valence-corrected chi connectivity index (χ1v) is 7.91. The van der Waals surface area contributed by atoms with Gasteiger partial charge in [0.25, 0.3) is 0 Å². The highest BCUT2D eigenvalue weighted by atomic mass is 15.2. The van der Waals surface area contributed by atoms with Crippen LogP contribution in [0, 0.1) is 0 Å². The van der Waals surface area contributed by atoms with Gasteiger partial charge in [-0.1, -0.05) is 0 Å². The van der Waals surface area contributed by atoms with Gasteiger partial charge in [0, 0.05) is 43.6 Å². The number of anilines is 3. The highest BCUT2D eigenvalue weighted by molar-refractivity contribution is 5.54. The minimum Gasteiger partial charge on any atom is -0.369 e. The van der Waals surface area contributed by atoms with Crippen LogP contribution in [-0.2, 0) is 0 Å². The fourth-order valence-corrected chi connectivity index (χ4v) is 2.44. The molecule has 23 heavy (non-hydrogen) atoms. The number of hydrogen-bond donors (Lipinski definition) is 2. The van der Waals surface area contributed by atoms with Crippen LogP contribution in [0.3, 0.4) is 0 Å². The Morgan fingerprint density at radius 2 is 1.70 bits per heavy atom. The van der Waals surface area contributed by atoms with E-state index in [-0.39, 0.29) is 0 Å². The molecule has 124 valence electrons. The van der Waals surface area contributed by atoms with E-state index in [4.69, 9.17) is 0 Å². The van der Waals surface area contributed by atoms with Crippen molar-refractivity contribution in [1.29, 1.82) is 0 Å². The monoisotopic (exact) mass is 315 g/mol. The lowest BCUT2D eigenvalue weighted by molar-refractivity contribution is 0.182. The zero-order chi connectivity index (χ0) is 16.7. The van der Waals surface area contributed by atoms with Crippen LogP contribution in [0.25, 0.3) is 0 Å². The third-order valence-corrected chi connectivity index (χ3v) is 3.49. The molecular weight excluding hydrogens is 290 g/mol. The minimum absolute atomic E-state index is 0.524. The normalized spacial score (nSPS) is 11.3. The van der Waals surface area contributed by atoms with Gasteiger partial charge >= 0.3 is 0 Å². The largest absolute Gasteiger partial charge is 0.369 e. The van der Waals surface area contributed by atoms with Crippen molar-refractivity contribution in [3.8, 4) is 0 Å². The summed E-state index contributed by atoms with van der Waals surface area (Å²) in [5.41, 5.74) is 0. The summed E-state index contributed by atoms with van der Waals surface area (Å²) in [5, 5.41) is 6.45. The van der Waals surface area contributed by atoms with Crippen LogP contribution in [0.2, 0.25) is 0 Å². The van der Waals surface area contributed by atoms with Gasteiger partial charge in [-0.3, -0.25) is 9.88 Å². The van der Waals surface area contributed by atoms with Crippen LogP contribution in [0.1, 0.15) is 27.7 Å². The molecule has 0 atom stereocenters. The second-order valence-corrected chi connectivity index (χ2v) is 5.86. The number of rotatable bonds is 8. The van der Waals surface area contributed by atoms with Gasteiger partial charge in [-0.2, -0.15) is 0 Å². The molecule has 2 heterocycles. The molecule has 0 saturated carbocycles. The molecule has 2 N–H and O–H groups in total. The number of hydrogen-bond acceptors (Lipinski definition) is 7. The van der Waals surface area contributed by atoms with Gasteiger partial charge in [-0.15, -0.1) is 0 Å². The van der Waals surface area contributed by atoms with E-state index in [1.165, 1.54) is 6.33 Å². The van der Waals surface area contributed by atoms with E-state index in [9.17, 15) is 0 Å². The van der Waals surface area contributed by atoms with E-state index in [1.54, 1.807) is 18.6 Å². The molecule has 0 saturated heterocycles. The maximum Gasteiger partial charge on any atom is 0.150 e. The van der Waals surface area contributed by atoms with E-state index >= 15 is 0 Å². The number of nitrogens with zero attached hydrogens (tertiary/aromatic N) is 5. The first-order valence-electron chi connectivity index (χ1n) is 7.91. The predicted molar refractivity (Wildman–Crippen MR) is 92.8 cm³/mol. The molecule has 2 rings (SSSR count). The van der Waals surface area contributed by atoms with Crippen LogP contribution in [0.15, 0.2) is 31.0 Å². The smallest absolute Gasteiger partial charge is 0.150 e. The molecule has 0 bridgehead atoms. The second kappa shape index (κ2) is 8.38. The zero-order valence-electron chi connectivity index (χ0n) is 14.2. The molecule has 0 unspecified atom stereocenters. The molecule has 2 aromatic rings. The van der Waals surface area contributed by atoms with E-state index in [0.717, 1.165) is 18.9 Å². The third-order valence-electron chi connectivity index (χ3n) is 3.49. The molecule has 2 aromatic heterocycles. The summed E-state index contributed by atoms with van der Waals surface area (Å²) in [5.74, 6) is 2.13.